The fraction of sp³-hybridized carbons (Fsp3) is 0.357. The maximum atomic E-state index is 10.9. The van der Waals surface area contributed by atoms with Crippen molar-refractivity contribution in [3.05, 3.63) is 90.5 Å². The molecule has 0 aliphatic carbocycles. The van der Waals surface area contributed by atoms with Gasteiger partial charge in [0, 0.05) is 18.8 Å². The first kappa shape index (κ1) is 27.8. The summed E-state index contributed by atoms with van der Waals surface area (Å²) < 4.78 is 26.2. The third-order valence-corrected chi connectivity index (χ3v) is 4.88. The normalized spacial score (nSPS) is 10.4. The number of carbonyl (C=O) groups excluding carboxylic acids is 2. The van der Waals surface area contributed by atoms with Gasteiger partial charge in [-0.15, -0.1) is 0 Å². The average molecular weight is 483 g/mol. The van der Waals surface area contributed by atoms with Crippen molar-refractivity contribution in [1.82, 2.24) is 0 Å². The molecule has 7 nitrogen and oxygen atoms in total. The van der Waals surface area contributed by atoms with E-state index in [1.54, 1.807) is 0 Å². The van der Waals surface area contributed by atoms with Crippen LogP contribution in [0.2, 0.25) is 0 Å². The first-order valence-electron chi connectivity index (χ1n) is 11.6. The zero-order chi connectivity index (χ0) is 25.1. The Balaban J connectivity index is 1.58. The molecule has 7 heteroatoms. The first-order chi connectivity index (χ1) is 17.1. The van der Waals surface area contributed by atoms with Gasteiger partial charge in [-0.3, -0.25) is 0 Å². The molecular formula is C28H34O7. The quantitative estimate of drug-likeness (QED) is 0.180. The van der Waals surface area contributed by atoms with Crippen LogP contribution in [0.15, 0.2) is 73.8 Å². The van der Waals surface area contributed by atoms with E-state index in [0.29, 0.717) is 33.0 Å². The van der Waals surface area contributed by atoms with Gasteiger partial charge in [-0.25, -0.2) is 9.59 Å². The molecule has 2 aromatic rings. The van der Waals surface area contributed by atoms with Gasteiger partial charge in [-0.1, -0.05) is 49.6 Å². The van der Waals surface area contributed by atoms with E-state index in [1.165, 1.54) is 16.7 Å². The number of hydrogen-bond acceptors (Lipinski definition) is 7. The highest BCUT2D eigenvalue weighted by Crippen LogP contribution is 2.16. The van der Waals surface area contributed by atoms with Crippen LogP contribution in [-0.2, 0) is 41.4 Å². The van der Waals surface area contributed by atoms with Crippen molar-refractivity contribution >= 4 is 11.9 Å². The Bertz CT molecular complexity index is 828. The van der Waals surface area contributed by atoms with Crippen LogP contribution in [-0.4, -0.2) is 58.2 Å². The number of carbonyl (C=O) groups is 2. The van der Waals surface area contributed by atoms with E-state index in [4.69, 9.17) is 23.7 Å². The maximum Gasteiger partial charge on any atom is 0.330 e. The molecule has 0 N–H and O–H groups in total. The molecule has 35 heavy (non-hydrogen) atoms. The lowest BCUT2D eigenvalue weighted by Gasteiger charge is -2.09. The van der Waals surface area contributed by atoms with Gasteiger partial charge in [0.15, 0.2) is 0 Å². The largest absolute Gasteiger partial charge is 0.491 e. The van der Waals surface area contributed by atoms with E-state index < -0.39 is 11.9 Å². The molecule has 0 bridgehead atoms. The second-order valence-corrected chi connectivity index (χ2v) is 7.56. The van der Waals surface area contributed by atoms with Crippen LogP contribution in [0.5, 0.6) is 5.75 Å². The molecule has 0 heterocycles. The van der Waals surface area contributed by atoms with Crippen LogP contribution in [0.4, 0.5) is 0 Å². The highest BCUT2D eigenvalue weighted by Gasteiger charge is 2.01. The predicted molar refractivity (Wildman–Crippen MR) is 133 cm³/mol. The molecule has 0 aromatic heterocycles. The van der Waals surface area contributed by atoms with Crippen LogP contribution >= 0.6 is 0 Å². The maximum absolute atomic E-state index is 10.9. The summed E-state index contributed by atoms with van der Waals surface area (Å²) in [5.41, 5.74) is 3.71. The van der Waals surface area contributed by atoms with Gasteiger partial charge in [0.25, 0.3) is 0 Å². The Morgan fingerprint density at radius 1 is 0.629 bits per heavy atom. The minimum atomic E-state index is -0.454. The third kappa shape index (κ3) is 12.6. The zero-order valence-electron chi connectivity index (χ0n) is 20.1. The van der Waals surface area contributed by atoms with E-state index in [-0.39, 0.29) is 13.2 Å². The van der Waals surface area contributed by atoms with Crippen molar-refractivity contribution in [3.63, 3.8) is 0 Å². The monoisotopic (exact) mass is 482 g/mol. The molecule has 0 atom stereocenters. The number of benzene rings is 2. The summed E-state index contributed by atoms with van der Waals surface area (Å²) in [7, 11) is 0. The SMILES string of the molecule is C=CC(=O)OCCOCCCc1ccc(Cc2ccc(OCCOCCOC(=O)C=C)cc2)cc1. The van der Waals surface area contributed by atoms with Gasteiger partial charge in [0.1, 0.15) is 25.6 Å². The summed E-state index contributed by atoms with van der Waals surface area (Å²) >= 11 is 0. The highest BCUT2D eigenvalue weighted by molar-refractivity contribution is 5.81. The average Bonchev–Trinajstić information content (AvgIpc) is 2.89. The summed E-state index contributed by atoms with van der Waals surface area (Å²) in [6.07, 6.45) is 4.95. The lowest BCUT2D eigenvalue weighted by atomic mass is 10.0. The summed E-state index contributed by atoms with van der Waals surface area (Å²) in [6.45, 7) is 9.30. The van der Waals surface area contributed by atoms with Crippen molar-refractivity contribution < 1.29 is 33.3 Å². The van der Waals surface area contributed by atoms with Crippen LogP contribution < -0.4 is 4.74 Å². The van der Waals surface area contributed by atoms with Crippen LogP contribution in [0.3, 0.4) is 0 Å². The van der Waals surface area contributed by atoms with E-state index in [2.05, 4.69) is 49.6 Å². The Labute approximate surface area is 207 Å². The van der Waals surface area contributed by atoms with Gasteiger partial charge in [-0.05, 0) is 48.1 Å². The summed E-state index contributed by atoms with van der Waals surface area (Å²) in [5.74, 6) is -0.0983. The molecule has 0 radical (unpaired) electrons. The summed E-state index contributed by atoms with van der Waals surface area (Å²) in [5, 5.41) is 0. The molecule has 2 rings (SSSR count). The molecule has 0 aliphatic rings. The van der Waals surface area contributed by atoms with Crippen LogP contribution in [0, 0.1) is 0 Å². The molecule has 0 fully saturated rings. The molecule has 0 saturated heterocycles. The van der Waals surface area contributed by atoms with Crippen LogP contribution in [0.1, 0.15) is 23.1 Å². The Hall–Kier alpha value is -3.42. The second-order valence-electron chi connectivity index (χ2n) is 7.56. The van der Waals surface area contributed by atoms with Gasteiger partial charge in [0.2, 0.25) is 0 Å². The minimum absolute atomic E-state index is 0.200. The molecule has 188 valence electrons. The lowest BCUT2D eigenvalue weighted by molar-refractivity contribution is -0.140. The molecule has 2 aromatic carbocycles. The number of ether oxygens (including phenoxy) is 5. The van der Waals surface area contributed by atoms with Crippen LogP contribution in [0.25, 0.3) is 0 Å². The van der Waals surface area contributed by atoms with E-state index in [9.17, 15) is 9.59 Å². The molecule has 0 spiro atoms. The third-order valence-electron chi connectivity index (χ3n) is 4.88. The standard InChI is InChI=1S/C28H34O7/c1-3-27(29)34-20-17-31-15-5-6-23-7-9-24(10-8-23)22-25-11-13-26(14-12-25)33-19-16-32-18-21-35-28(30)4-2/h3-4,7-14H,1-2,5-6,15-22H2. The predicted octanol–water partition coefficient (Wildman–Crippen LogP) is 4.08. The lowest BCUT2D eigenvalue weighted by Crippen LogP contribution is -2.12. The van der Waals surface area contributed by atoms with Gasteiger partial charge in [-0.2, -0.15) is 0 Å². The van der Waals surface area contributed by atoms with Crippen molar-refractivity contribution in [2.24, 2.45) is 0 Å². The molecule has 0 saturated carbocycles. The number of hydrogen-bond donors (Lipinski definition) is 0. The van der Waals surface area contributed by atoms with Gasteiger partial charge < -0.3 is 23.7 Å². The Kier molecular flexibility index (Phi) is 13.6. The summed E-state index contributed by atoms with van der Waals surface area (Å²) in [4.78, 5) is 21.8. The Morgan fingerprint density at radius 2 is 1.11 bits per heavy atom. The zero-order valence-corrected chi connectivity index (χ0v) is 20.1. The number of rotatable bonds is 18. The van der Waals surface area contributed by atoms with Gasteiger partial charge in [0.05, 0.1) is 19.8 Å². The minimum Gasteiger partial charge on any atom is -0.491 e. The van der Waals surface area contributed by atoms with E-state index in [1.807, 2.05) is 12.1 Å². The van der Waals surface area contributed by atoms with Crippen molar-refractivity contribution in [1.29, 1.82) is 0 Å². The Morgan fingerprint density at radius 3 is 1.69 bits per heavy atom. The molecular weight excluding hydrogens is 448 g/mol. The fourth-order valence-electron chi connectivity index (χ4n) is 3.08. The van der Waals surface area contributed by atoms with E-state index in [0.717, 1.165) is 37.2 Å². The van der Waals surface area contributed by atoms with Crippen molar-refractivity contribution in [2.75, 3.05) is 46.2 Å². The summed E-state index contributed by atoms with van der Waals surface area (Å²) in [6, 6.07) is 16.6. The topological polar surface area (TPSA) is 80.3 Å². The van der Waals surface area contributed by atoms with Crippen molar-refractivity contribution in [2.45, 2.75) is 19.3 Å². The highest BCUT2D eigenvalue weighted by atomic mass is 16.6. The van der Waals surface area contributed by atoms with E-state index >= 15 is 0 Å². The number of aryl methyl sites for hydroxylation is 1. The molecule has 0 unspecified atom stereocenters. The molecule has 0 amide bonds. The van der Waals surface area contributed by atoms with Gasteiger partial charge >= 0.3 is 11.9 Å². The van der Waals surface area contributed by atoms with Crippen molar-refractivity contribution in [3.8, 4) is 5.75 Å². The first-order valence-corrected chi connectivity index (χ1v) is 11.6. The smallest absolute Gasteiger partial charge is 0.330 e. The molecule has 0 aliphatic heterocycles. The fourth-order valence-corrected chi connectivity index (χ4v) is 3.08. The number of esters is 2. The second kappa shape index (κ2) is 17.1.